The Bertz CT molecular complexity index is 228. The third-order valence-electron chi connectivity index (χ3n) is 1.90. The lowest BCUT2D eigenvalue weighted by Crippen LogP contribution is -2.49. The van der Waals surface area contributed by atoms with Gasteiger partial charge in [0.15, 0.2) is 0 Å². The molecule has 0 bridgehead atoms. The van der Waals surface area contributed by atoms with Crippen molar-refractivity contribution in [3.05, 3.63) is 11.8 Å². The second-order valence-electron chi connectivity index (χ2n) is 2.69. The van der Waals surface area contributed by atoms with E-state index in [-0.39, 0.29) is 5.91 Å². The molecule has 2 aliphatic rings. The fraction of sp³-hybridized carbons (Fsp3) is 0.571. The topological polar surface area (TPSA) is 20.3 Å². The molecule has 1 fully saturated rings. The van der Waals surface area contributed by atoms with Gasteiger partial charge in [-0.3, -0.25) is 4.79 Å². The molecule has 11 heavy (non-hydrogen) atoms. The van der Waals surface area contributed by atoms with Crippen molar-refractivity contribution in [3.8, 4) is 0 Å². The Balaban J connectivity index is 2.13. The lowest BCUT2D eigenvalue weighted by atomic mass is 10.2. The number of fused-ring (bicyclic) bond motifs is 1. The van der Waals surface area contributed by atoms with Crippen LogP contribution in [-0.2, 0) is 4.79 Å². The first-order chi connectivity index (χ1) is 5.31. The number of amides is 1. The average Bonchev–Trinajstić information content (AvgIpc) is 2.03. The summed E-state index contributed by atoms with van der Waals surface area (Å²) >= 11 is 7.45. The summed E-state index contributed by atoms with van der Waals surface area (Å²) in [6.45, 7) is 0. The third-order valence-corrected chi connectivity index (χ3v) is 3.56. The predicted molar refractivity (Wildman–Crippen MR) is 46.5 cm³/mol. The highest BCUT2D eigenvalue weighted by Gasteiger charge is 2.37. The molecule has 0 spiro atoms. The molecule has 0 N–H and O–H groups in total. The summed E-state index contributed by atoms with van der Waals surface area (Å²) < 4.78 is 0. The van der Waals surface area contributed by atoms with Crippen LogP contribution >= 0.6 is 23.4 Å². The molecule has 0 aliphatic carbocycles. The van der Waals surface area contributed by atoms with Crippen LogP contribution in [-0.4, -0.2) is 27.8 Å². The van der Waals surface area contributed by atoms with E-state index in [9.17, 15) is 4.79 Å². The fourth-order valence-electron chi connectivity index (χ4n) is 1.21. The molecule has 4 heteroatoms. The van der Waals surface area contributed by atoms with Crippen molar-refractivity contribution in [3.63, 3.8) is 0 Å². The zero-order valence-corrected chi connectivity index (χ0v) is 7.49. The Morgan fingerprint density at radius 2 is 2.64 bits per heavy atom. The van der Waals surface area contributed by atoms with Crippen LogP contribution in [0, 0.1) is 0 Å². The standard InChI is InChI=1S/C7H8ClNOS/c8-2-5-3-9-6(10)1-7(9)11-4-5/h3,7H,1-2,4H2. The van der Waals surface area contributed by atoms with Gasteiger partial charge in [0, 0.05) is 17.8 Å². The highest BCUT2D eigenvalue weighted by molar-refractivity contribution is 8.00. The molecule has 0 aromatic carbocycles. The van der Waals surface area contributed by atoms with Gasteiger partial charge >= 0.3 is 0 Å². The van der Waals surface area contributed by atoms with Gasteiger partial charge in [-0.15, -0.1) is 23.4 Å². The molecule has 2 aliphatic heterocycles. The number of nitrogens with zero attached hydrogens (tertiary/aromatic N) is 1. The largest absolute Gasteiger partial charge is 0.306 e. The number of hydrogen-bond donors (Lipinski definition) is 0. The van der Waals surface area contributed by atoms with Gasteiger partial charge < -0.3 is 4.90 Å². The van der Waals surface area contributed by atoms with E-state index in [1.54, 1.807) is 16.7 Å². The number of hydrogen-bond acceptors (Lipinski definition) is 2. The molecule has 1 amide bonds. The van der Waals surface area contributed by atoms with Gasteiger partial charge in [-0.05, 0) is 5.57 Å². The number of rotatable bonds is 1. The van der Waals surface area contributed by atoms with Gasteiger partial charge in [0.2, 0.25) is 5.91 Å². The van der Waals surface area contributed by atoms with Crippen LogP contribution in [0.3, 0.4) is 0 Å². The van der Waals surface area contributed by atoms with Gasteiger partial charge in [0.1, 0.15) is 0 Å². The van der Waals surface area contributed by atoms with E-state index >= 15 is 0 Å². The van der Waals surface area contributed by atoms with E-state index in [1.807, 2.05) is 6.20 Å². The van der Waals surface area contributed by atoms with Gasteiger partial charge in [-0.2, -0.15) is 0 Å². The minimum absolute atomic E-state index is 0.227. The summed E-state index contributed by atoms with van der Waals surface area (Å²) in [7, 11) is 0. The predicted octanol–water partition coefficient (Wildman–Crippen LogP) is 1.41. The zero-order valence-electron chi connectivity index (χ0n) is 5.92. The Kier molecular flexibility index (Phi) is 1.85. The van der Waals surface area contributed by atoms with Gasteiger partial charge in [0.25, 0.3) is 0 Å². The van der Waals surface area contributed by atoms with Gasteiger partial charge in [-0.1, -0.05) is 0 Å². The monoisotopic (exact) mass is 189 g/mol. The number of thioether (sulfide) groups is 1. The molecule has 1 atom stereocenters. The number of halogens is 1. The van der Waals surface area contributed by atoms with Crippen molar-refractivity contribution >= 4 is 29.3 Å². The Labute approximate surface area is 74.6 Å². The normalized spacial score (nSPS) is 29.2. The second kappa shape index (κ2) is 2.72. The molecule has 0 aromatic heterocycles. The van der Waals surface area contributed by atoms with E-state index < -0.39 is 0 Å². The number of β-lactam (4-membered cyclic amide) rings is 1. The van der Waals surface area contributed by atoms with Crippen molar-refractivity contribution in [2.75, 3.05) is 11.6 Å². The van der Waals surface area contributed by atoms with Crippen LogP contribution in [0.25, 0.3) is 0 Å². The SMILES string of the molecule is O=C1CC2SCC(CCl)=CN12. The minimum Gasteiger partial charge on any atom is -0.306 e. The summed E-state index contributed by atoms with van der Waals surface area (Å²) in [4.78, 5) is 12.7. The Hall–Kier alpha value is -0.150. The van der Waals surface area contributed by atoms with Crippen molar-refractivity contribution in [2.24, 2.45) is 0 Å². The molecular weight excluding hydrogens is 182 g/mol. The summed E-state index contributed by atoms with van der Waals surface area (Å²) in [5, 5.41) is 0.412. The van der Waals surface area contributed by atoms with Gasteiger partial charge in [0.05, 0.1) is 11.8 Å². The fourth-order valence-corrected chi connectivity index (χ4v) is 2.66. The second-order valence-corrected chi connectivity index (χ2v) is 4.13. The van der Waals surface area contributed by atoms with Crippen molar-refractivity contribution < 1.29 is 4.79 Å². The highest BCUT2D eigenvalue weighted by atomic mass is 35.5. The van der Waals surface area contributed by atoms with Crippen LogP contribution < -0.4 is 0 Å². The molecule has 60 valence electrons. The molecule has 0 saturated carbocycles. The van der Waals surface area contributed by atoms with E-state index in [1.165, 1.54) is 0 Å². The molecule has 2 nitrogen and oxygen atoms in total. The van der Waals surface area contributed by atoms with Crippen LogP contribution in [0.2, 0.25) is 0 Å². The highest BCUT2D eigenvalue weighted by Crippen LogP contribution is 2.35. The molecule has 1 saturated heterocycles. The third kappa shape index (κ3) is 1.16. The van der Waals surface area contributed by atoms with E-state index in [2.05, 4.69) is 0 Å². The molecule has 2 heterocycles. The molecule has 0 radical (unpaired) electrons. The lowest BCUT2D eigenvalue weighted by molar-refractivity contribution is -0.137. The first kappa shape index (κ1) is 7.50. The average molecular weight is 190 g/mol. The van der Waals surface area contributed by atoms with Crippen molar-refractivity contribution in [2.45, 2.75) is 11.8 Å². The summed E-state index contributed by atoms with van der Waals surface area (Å²) in [6, 6.07) is 0. The van der Waals surface area contributed by atoms with Crippen LogP contribution in [0.15, 0.2) is 11.8 Å². The number of carbonyl (C=O) groups is 1. The lowest BCUT2D eigenvalue weighted by Gasteiger charge is -2.40. The van der Waals surface area contributed by atoms with Crippen LogP contribution in [0.5, 0.6) is 0 Å². The zero-order chi connectivity index (χ0) is 7.84. The van der Waals surface area contributed by atoms with Gasteiger partial charge in [-0.25, -0.2) is 0 Å². The first-order valence-electron chi connectivity index (χ1n) is 3.49. The summed E-state index contributed by atoms with van der Waals surface area (Å²) in [5.74, 6) is 1.76. The number of alkyl halides is 1. The molecular formula is C7H8ClNOS. The minimum atomic E-state index is 0.227. The maximum atomic E-state index is 11.0. The van der Waals surface area contributed by atoms with E-state index in [0.717, 1.165) is 11.3 Å². The van der Waals surface area contributed by atoms with Crippen molar-refractivity contribution in [1.82, 2.24) is 4.90 Å². The van der Waals surface area contributed by atoms with Crippen LogP contribution in [0.4, 0.5) is 0 Å². The van der Waals surface area contributed by atoms with Crippen molar-refractivity contribution in [1.29, 1.82) is 0 Å². The first-order valence-corrected chi connectivity index (χ1v) is 5.08. The number of carbonyl (C=O) groups excluding carboxylic acids is 1. The molecule has 1 unspecified atom stereocenters. The quantitative estimate of drug-likeness (QED) is 0.459. The molecule has 2 rings (SSSR count). The maximum Gasteiger partial charge on any atom is 0.230 e. The summed E-state index contributed by atoms with van der Waals surface area (Å²) in [5.41, 5.74) is 1.15. The van der Waals surface area contributed by atoms with E-state index in [0.29, 0.717) is 17.7 Å². The molecule has 0 aromatic rings. The Morgan fingerprint density at radius 3 is 3.27 bits per heavy atom. The maximum absolute atomic E-state index is 11.0. The smallest absolute Gasteiger partial charge is 0.230 e. The summed E-state index contributed by atoms with van der Waals surface area (Å²) in [6.07, 6.45) is 2.61. The Morgan fingerprint density at radius 1 is 1.82 bits per heavy atom. The van der Waals surface area contributed by atoms with Crippen LogP contribution in [0.1, 0.15) is 6.42 Å². The van der Waals surface area contributed by atoms with E-state index in [4.69, 9.17) is 11.6 Å².